The molecule has 0 aliphatic carbocycles. The molecule has 1 amide bonds. The zero-order chi connectivity index (χ0) is 17.1. The van der Waals surface area contributed by atoms with Crippen LogP contribution in [0.1, 0.15) is 28.5 Å². The lowest BCUT2D eigenvalue weighted by Crippen LogP contribution is -2.19. The predicted octanol–water partition coefficient (Wildman–Crippen LogP) is 2.97. The highest BCUT2D eigenvalue weighted by Gasteiger charge is 2.21. The van der Waals surface area contributed by atoms with Crippen LogP contribution in [-0.4, -0.2) is 21.6 Å². The fourth-order valence-electron chi connectivity index (χ4n) is 2.45. The van der Waals surface area contributed by atoms with Gasteiger partial charge in [0.25, 0.3) is 0 Å². The zero-order valence-corrected chi connectivity index (χ0v) is 12.7. The molecule has 0 bridgehead atoms. The molecule has 0 radical (unpaired) electrons. The molecule has 0 aliphatic heterocycles. The van der Waals surface area contributed by atoms with E-state index >= 15 is 0 Å². The molecule has 7 heteroatoms. The van der Waals surface area contributed by atoms with Gasteiger partial charge in [-0.1, -0.05) is 0 Å². The third kappa shape index (κ3) is 3.56. The van der Waals surface area contributed by atoms with Crippen molar-refractivity contribution in [2.24, 2.45) is 0 Å². The lowest BCUT2D eigenvalue weighted by molar-refractivity contribution is -0.115. The molecule has 1 heterocycles. The van der Waals surface area contributed by atoms with E-state index in [0.29, 0.717) is 23.9 Å². The number of benzene rings is 1. The van der Waals surface area contributed by atoms with Crippen molar-refractivity contribution in [2.75, 3.05) is 5.32 Å². The first-order chi connectivity index (χ1) is 10.8. The van der Waals surface area contributed by atoms with Crippen molar-refractivity contribution in [3.05, 3.63) is 52.9 Å². The SMILES string of the molecule is CCn1cc(C)c(C(=O)O)c1CC(=O)Nc1ccc(F)cc1F. The Morgan fingerprint density at radius 1 is 1.30 bits per heavy atom. The van der Waals surface area contributed by atoms with Gasteiger partial charge in [0.15, 0.2) is 0 Å². The fraction of sp³-hybridized carbons (Fsp3) is 0.250. The van der Waals surface area contributed by atoms with Crippen LogP contribution in [0.25, 0.3) is 0 Å². The number of halogens is 2. The number of nitrogens with zero attached hydrogens (tertiary/aromatic N) is 1. The molecular formula is C16H16F2N2O3. The van der Waals surface area contributed by atoms with Crippen LogP contribution in [0.4, 0.5) is 14.5 Å². The van der Waals surface area contributed by atoms with E-state index in [0.717, 1.165) is 12.1 Å². The van der Waals surface area contributed by atoms with E-state index in [9.17, 15) is 23.5 Å². The largest absolute Gasteiger partial charge is 0.478 e. The molecule has 0 spiro atoms. The quantitative estimate of drug-likeness (QED) is 0.889. The maximum absolute atomic E-state index is 13.6. The number of aromatic nitrogens is 1. The third-order valence-corrected chi connectivity index (χ3v) is 3.47. The summed E-state index contributed by atoms with van der Waals surface area (Å²) in [7, 11) is 0. The Labute approximate surface area is 131 Å². The number of hydrogen-bond donors (Lipinski definition) is 2. The van der Waals surface area contributed by atoms with Crippen LogP contribution in [0.5, 0.6) is 0 Å². The highest BCUT2D eigenvalue weighted by Crippen LogP contribution is 2.20. The summed E-state index contributed by atoms with van der Waals surface area (Å²) in [6, 6.07) is 2.81. The van der Waals surface area contributed by atoms with Gasteiger partial charge in [-0.25, -0.2) is 13.6 Å². The molecule has 122 valence electrons. The number of anilines is 1. The summed E-state index contributed by atoms with van der Waals surface area (Å²) in [6.45, 7) is 3.98. The van der Waals surface area contributed by atoms with Crippen LogP contribution >= 0.6 is 0 Å². The van der Waals surface area contributed by atoms with E-state index in [4.69, 9.17) is 0 Å². The van der Waals surface area contributed by atoms with Crippen molar-refractivity contribution < 1.29 is 23.5 Å². The maximum atomic E-state index is 13.6. The van der Waals surface area contributed by atoms with Gasteiger partial charge >= 0.3 is 5.97 Å². The average molecular weight is 322 g/mol. The van der Waals surface area contributed by atoms with Crippen molar-refractivity contribution >= 4 is 17.6 Å². The summed E-state index contributed by atoms with van der Waals surface area (Å²) in [5, 5.41) is 11.6. The van der Waals surface area contributed by atoms with Gasteiger partial charge in [0.1, 0.15) is 11.6 Å². The number of carbonyl (C=O) groups excluding carboxylic acids is 1. The molecular weight excluding hydrogens is 306 g/mol. The minimum Gasteiger partial charge on any atom is -0.478 e. The Kier molecular flexibility index (Phi) is 4.78. The number of rotatable bonds is 5. The summed E-state index contributed by atoms with van der Waals surface area (Å²) >= 11 is 0. The van der Waals surface area contributed by atoms with Gasteiger partial charge in [0, 0.05) is 24.5 Å². The van der Waals surface area contributed by atoms with Crippen molar-refractivity contribution in [3.63, 3.8) is 0 Å². The lowest BCUT2D eigenvalue weighted by atomic mass is 10.1. The lowest BCUT2D eigenvalue weighted by Gasteiger charge is -2.10. The Morgan fingerprint density at radius 2 is 2.00 bits per heavy atom. The summed E-state index contributed by atoms with van der Waals surface area (Å²) in [6.07, 6.45) is 1.44. The zero-order valence-electron chi connectivity index (χ0n) is 12.7. The Hall–Kier alpha value is -2.70. The number of aryl methyl sites for hydroxylation is 2. The smallest absolute Gasteiger partial charge is 0.337 e. The van der Waals surface area contributed by atoms with Crippen LogP contribution in [0.3, 0.4) is 0 Å². The summed E-state index contributed by atoms with van der Waals surface area (Å²) in [5.74, 6) is -3.33. The standard InChI is InChI=1S/C16H16F2N2O3/c1-3-20-8-9(2)15(16(22)23)13(20)7-14(21)19-12-5-4-10(17)6-11(12)18/h4-6,8H,3,7H2,1-2H3,(H,19,21)(H,22,23). The molecule has 5 nitrogen and oxygen atoms in total. The average Bonchev–Trinajstić information content (AvgIpc) is 2.77. The first-order valence-electron chi connectivity index (χ1n) is 7.00. The number of hydrogen-bond acceptors (Lipinski definition) is 2. The van der Waals surface area contributed by atoms with Crippen LogP contribution in [0, 0.1) is 18.6 Å². The van der Waals surface area contributed by atoms with Gasteiger partial charge in [-0.15, -0.1) is 0 Å². The predicted molar refractivity (Wildman–Crippen MR) is 80.5 cm³/mol. The van der Waals surface area contributed by atoms with E-state index in [1.807, 2.05) is 6.92 Å². The van der Waals surface area contributed by atoms with Gasteiger partial charge in [0.2, 0.25) is 5.91 Å². The minimum atomic E-state index is -1.12. The Morgan fingerprint density at radius 3 is 2.57 bits per heavy atom. The number of nitrogens with one attached hydrogen (secondary N) is 1. The molecule has 0 saturated carbocycles. The van der Waals surface area contributed by atoms with E-state index < -0.39 is 23.5 Å². The minimum absolute atomic E-state index is 0.0709. The number of carboxylic acid groups (broad SMARTS) is 1. The van der Waals surface area contributed by atoms with Crippen LogP contribution in [0.2, 0.25) is 0 Å². The second-order valence-electron chi connectivity index (χ2n) is 5.07. The molecule has 0 unspecified atom stereocenters. The first kappa shape index (κ1) is 16.7. The van der Waals surface area contributed by atoms with E-state index in [1.165, 1.54) is 0 Å². The summed E-state index contributed by atoms with van der Waals surface area (Å²) in [4.78, 5) is 23.4. The van der Waals surface area contributed by atoms with E-state index in [-0.39, 0.29) is 17.7 Å². The number of aromatic carboxylic acids is 1. The monoisotopic (exact) mass is 322 g/mol. The fourth-order valence-corrected chi connectivity index (χ4v) is 2.45. The molecule has 1 aromatic heterocycles. The highest BCUT2D eigenvalue weighted by atomic mass is 19.1. The molecule has 0 atom stereocenters. The topological polar surface area (TPSA) is 71.3 Å². The van der Waals surface area contributed by atoms with Gasteiger partial charge < -0.3 is 15.0 Å². The molecule has 2 rings (SSSR count). The van der Waals surface area contributed by atoms with Gasteiger partial charge in [-0.3, -0.25) is 4.79 Å². The first-order valence-corrected chi connectivity index (χ1v) is 7.00. The second-order valence-corrected chi connectivity index (χ2v) is 5.07. The summed E-state index contributed by atoms with van der Waals surface area (Å²) < 4.78 is 28.1. The number of carbonyl (C=O) groups is 2. The van der Waals surface area contributed by atoms with Gasteiger partial charge in [-0.05, 0) is 31.5 Å². The number of carboxylic acids is 1. The Balaban J connectivity index is 2.25. The second kappa shape index (κ2) is 6.60. The van der Waals surface area contributed by atoms with Crippen molar-refractivity contribution in [2.45, 2.75) is 26.8 Å². The Bertz CT molecular complexity index is 769. The molecule has 1 aromatic carbocycles. The van der Waals surface area contributed by atoms with Crippen molar-refractivity contribution in [3.8, 4) is 0 Å². The van der Waals surface area contributed by atoms with Crippen molar-refractivity contribution in [1.29, 1.82) is 0 Å². The van der Waals surface area contributed by atoms with Crippen LogP contribution < -0.4 is 5.32 Å². The van der Waals surface area contributed by atoms with Gasteiger partial charge in [0.05, 0.1) is 17.7 Å². The van der Waals surface area contributed by atoms with E-state index in [1.54, 1.807) is 17.7 Å². The van der Waals surface area contributed by atoms with E-state index in [2.05, 4.69) is 5.32 Å². The molecule has 23 heavy (non-hydrogen) atoms. The third-order valence-electron chi connectivity index (χ3n) is 3.47. The summed E-state index contributed by atoms with van der Waals surface area (Å²) in [5.41, 5.74) is 0.814. The number of amides is 1. The molecule has 2 N–H and O–H groups in total. The maximum Gasteiger partial charge on any atom is 0.337 e. The van der Waals surface area contributed by atoms with Crippen LogP contribution in [0.15, 0.2) is 24.4 Å². The molecule has 2 aromatic rings. The normalized spacial score (nSPS) is 10.6. The molecule has 0 fully saturated rings. The van der Waals surface area contributed by atoms with Crippen LogP contribution in [-0.2, 0) is 17.8 Å². The van der Waals surface area contributed by atoms with Crippen molar-refractivity contribution in [1.82, 2.24) is 4.57 Å². The highest BCUT2D eigenvalue weighted by molar-refractivity contribution is 5.96. The van der Waals surface area contributed by atoms with Gasteiger partial charge in [-0.2, -0.15) is 0 Å². The molecule has 0 saturated heterocycles. The molecule has 0 aliphatic rings.